The Morgan fingerprint density at radius 1 is 1.04 bits per heavy atom. The molecule has 0 bridgehead atoms. The lowest BCUT2D eigenvalue weighted by atomic mass is 10.1. The molecule has 0 aliphatic heterocycles. The van der Waals surface area contributed by atoms with Gasteiger partial charge < -0.3 is 9.84 Å². The Bertz CT molecular complexity index is 643. The van der Waals surface area contributed by atoms with Crippen molar-refractivity contribution in [1.29, 1.82) is 0 Å². The molecule has 1 atom stereocenters. The summed E-state index contributed by atoms with van der Waals surface area (Å²) in [5.74, 6) is -1.08. The van der Waals surface area contributed by atoms with Crippen molar-refractivity contribution in [2.75, 3.05) is 6.54 Å². The van der Waals surface area contributed by atoms with Crippen LogP contribution in [-0.2, 0) is 16.1 Å². The number of hydrogen-bond acceptors (Lipinski definition) is 3. The molecular weight excluding hydrogens is 294 g/mol. The minimum atomic E-state index is -1.08. The zero-order valence-electron chi connectivity index (χ0n) is 12.9. The van der Waals surface area contributed by atoms with Crippen molar-refractivity contribution in [2.24, 2.45) is 0 Å². The van der Waals surface area contributed by atoms with Gasteiger partial charge in [0.2, 0.25) is 0 Å². The van der Waals surface area contributed by atoms with Crippen molar-refractivity contribution >= 4 is 12.1 Å². The Kier molecular flexibility index (Phi) is 5.74. The molecule has 120 valence electrons. The number of carboxylic acids is 1. The van der Waals surface area contributed by atoms with Gasteiger partial charge in [-0.25, -0.2) is 4.79 Å². The number of carbonyl (C=O) groups excluding carboxylic acids is 1. The van der Waals surface area contributed by atoms with E-state index in [-0.39, 0.29) is 6.61 Å². The summed E-state index contributed by atoms with van der Waals surface area (Å²) in [4.78, 5) is 24.6. The molecule has 1 amide bonds. The van der Waals surface area contributed by atoms with Crippen molar-refractivity contribution in [3.63, 3.8) is 0 Å². The van der Waals surface area contributed by atoms with E-state index in [0.29, 0.717) is 0 Å². The van der Waals surface area contributed by atoms with Crippen molar-refractivity contribution in [3.05, 3.63) is 71.8 Å². The first-order valence-electron chi connectivity index (χ1n) is 7.32. The molecule has 0 fully saturated rings. The van der Waals surface area contributed by atoms with Gasteiger partial charge in [0.05, 0.1) is 6.04 Å². The lowest BCUT2D eigenvalue weighted by Crippen LogP contribution is -2.38. The van der Waals surface area contributed by atoms with E-state index in [4.69, 9.17) is 9.84 Å². The van der Waals surface area contributed by atoms with Gasteiger partial charge in [-0.3, -0.25) is 9.69 Å². The third-order valence-corrected chi connectivity index (χ3v) is 3.49. The van der Waals surface area contributed by atoms with Gasteiger partial charge in [0, 0.05) is 0 Å². The Balaban J connectivity index is 2.07. The molecule has 5 nitrogen and oxygen atoms in total. The molecule has 1 N–H and O–H groups in total. The number of carbonyl (C=O) groups is 2. The molecule has 2 aromatic carbocycles. The Morgan fingerprint density at radius 3 is 2.17 bits per heavy atom. The molecule has 2 rings (SSSR count). The van der Waals surface area contributed by atoms with E-state index in [0.717, 1.165) is 11.1 Å². The second-order valence-corrected chi connectivity index (χ2v) is 5.15. The molecule has 0 aliphatic rings. The lowest BCUT2D eigenvalue weighted by Gasteiger charge is -2.27. The van der Waals surface area contributed by atoms with Crippen molar-refractivity contribution < 1.29 is 19.4 Å². The Labute approximate surface area is 135 Å². The highest BCUT2D eigenvalue weighted by Crippen LogP contribution is 2.21. The summed E-state index contributed by atoms with van der Waals surface area (Å²) >= 11 is 0. The third kappa shape index (κ3) is 4.85. The first-order chi connectivity index (χ1) is 11.1. The molecule has 0 radical (unpaired) electrons. The fourth-order valence-electron chi connectivity index (χ4n) is 2.22. The van der Waals surface area contributed by atoms with Gasteiger partial charge in [0.1, 0.15) is 13.2 Å². The largest absolute Gasteiger partial charge is 0.480 e. The van der Waals surface area contributed by atoms with Gasteiger partial charge in [-0.2, -0.15) is 0 Å². The van der Waals surface area contributed by atoms with Crippen LogP contribution in [0.15, 0.2) is 60.7 Å². The van der Waals surface area contributed by atoms with Crippen LogP contribution < -0.4 is 0 Å². The first-order valence-corrected chi connectivity index (χ1v) is 7.32. The minimum absolute atomic E-state index is 0.108. The van der Waals surface area contributed by atoms with Crippen LogP contribution in [0.4, 0.5) is 4.79 Å². The van der Waals surface area contributed by atoms with Gasteiger partial charge in [-0.05, 0) is 18.1 Å². The summed E-state index contributed by atoms with van der Waals surface area (Å²) in [6, 6.07) is 18.1. The van der Waals surface area contributed by atoms with Gasteiger partial charge in [0.25, 0.3) is 0 Å². The Morgan fingerprint density at radius 2 is 1.61 bits per heavy atom. The van der Waals surface area contributed by atoms with Gasteiger partial charge in [-0.1, -0.05) is 60.7 Å². The molecule has 0 saturated carbocycles. The van der Waals surface area contributed by atoms with Crippen LogP contribution >= 0.6 is 0 Å². The molecule has 0 aliphatic carbocycles. The van der Waals surface area contributed by atoms with Crippen LogP contribution in [0.25, 0.3) is 0 Å². The molecule has 1 unspecified atom stereocenters. The number of ether oxygens (including phenoxy) is 1. The van der Waals surface area contributed by atoms with Crippen LogP contribution in [0.2, 0.25) is 0 Å². The number of amides is 1. The average molecular weight is 313 g/mol. The fraction of sp³-hybridized carbons (Fsp3) is 0.222. The lowest BCUT2D eigenvalue weighted by molar-refractivity contribution is -0.138. The number of aliphatic carboxylic acids is 1. The zero-order valence-corrected chi connectivity index (χ0v) is 12.9. The van der Waals surface area contributed by atoms with E-state index in [2.05, 4.69) is 0 Å². The summed E-state index contributed by atoms with van der Waals surface area (Å²) in [6.07, 6.45) is -0.646. The topological polar surface area (TPSA) is 66.8 Å². The highest BCUT2D eigenvalue weighted by Gasteiger charge is 2.25. The minimum Gasteiger partial charge on any atom is -0.480 e. The summed E-state index contributed by atoms with van der Waals surface area (Å²) in [5, 5.41) is 9.06. The summed E-state index contributed by atoms with van der Waals surface area (Å²) in [6.45, 7) is 1.48. The number of benzene rings is 2. The van der Waals surface area contributed by atoms with Gasteiger partial charge in [-0.15, -0.1) is 0 Å². The highest BCUT2D eigenvalue weighted by molar-refractivity contribution is 5.77. The third-order valence-electron chi connectivity index (χ3n) is 3.49. The number of hydrogen-bond donors (Lipinski definition) is 1. The second kappa shape index (κ2) is 7.98. The molecule has 0 heterocycles. The van der Waals surface area contributed by atoms with Crippen LogP contribution in [0.5, 0.6) is 0 Å². The molecule has 5 heteroatoms. The fourth-order valence-corrected chi connectivity index (χ4v) is 2.22. The normalized spacial score (nSPS) is 11.5. The number of nitrogens with zero attached hydrogens (tertiary/aromatic N) is 1. The standard InChI is InChI=1S/C18H19NO4/c1-14(16-10-6-3-7-11-16)19(12-17(20)21)18(22)23-13-15-8-4-2-5-9-15/h2-11,14H,12-13H2,1H3,(H,20,21). The average Bonchev–Trinajstić information content (AvgIpc) is 2.58. The summed E-state index contributed by atoms with van der Waals surface area (Å²) in [5.41, 5.74) is 1.70. The molecule has 0 saturated heterocycles. The van der Waals surface area contributed by atoms with E-state index >= 15 is 0 Å². The van der Waals surface area contributed by atoms with Gasteiger partial charge in [0.15, 0.2) is 0 Å². The van der Waals surface area contributed by atoms with Crippen LogP contribution in [0, 0.1) is 0 Å². The predicted octanol–water partition coefficient (Wildman–Crippen LogP) is 3.47. The maximum atomic E-state index is 12.3. The number of rotatable bonds is 6. The van der Waals surface area contributed by atoms with E-state index in [1.165, 1.54) is 4.90 Å². The smallest absolute Gasteiger partial charge is 0.411 e. The summed E-state index contributed by atoms with van der Waals surface area (Å²) in [7, 11) is 0. The van der Waals surface area contributed by atoms with E-state index in [1.54, 1.807) is 6.92 Å². The van der Waals surface area contributed by atoms with Crippen molar-refractivity contribution in [1.82, 2.24) is 4.90 Å². The van der Waals surface area contributed by atoms with Crippen LogP contribution in [0.3, 0.4) is 0 Å². The quantitative estimate of drug-likeness (QED) is 0.886. The van der Waals surface area contributed by atoms with Crippen LogP contribution in [0.1, 0.15) is 24.1 Å². The Hall–Kier alpha value is -2.82. The molecule has 0 spiro atoms. The second-order valence-electron chi connectivity index (χ2n) is 5.15. The first kappa shape index (κ1) is 16.5. The highest BCUT2D eigenvalue weighted by atomic mass is 16.6. The van der Waals surface area contributed by atoms with Gasteiger partial charge >= 0.3 is 12.1 Å². The molecule has 2 aromatic rings. The SMILES string of the molecule is CC(c1ccccc1)N(CC(=O)O)C(=O)OCc1ccccc1. The maximum Gasteiger partial charge on any atom is 0.411 e. The molecule has 0 aromatic heterocycles. The monoisotopic (exact) mass is 313 g/mol. The van der Waals surface area contributed by atoms with E-state index in [9.17, 15) is 9.59 Å². The van der Waals surface area contributed by atoms with Crippen molar-refractivity contribution in [3.8, 4) is 0 Å². The van der Waals surface area contributed by atoms with E-state index in [1.807, 2.05) is 60.7 Å². The summed E-state index contributed by atoms with van der Waals surface area (Å²) < 4.78 is 5.26. The zero-order chi connectivity index (χ0) is 16.7. The maximum absolute atomic E-state index is 12.3. The molecule has 23 heavy (non-hydrogen) atoms. The van der Waals surface area contributed by atoms with Crippen LogP contribution in [-0.4, -0.2) is 28.6 Å². The predicted molar refractivity (Wildman–Crippen MR) is 85.8 cm³/mol. The number of carboxylic acid groups (broad SMARTS) is 1. The molecular formula is C18H19NO4. The van der Waals surface area contributed by atoms with E-state index < -0.39 is 24.6 Å². The van der Waals surface area contributed by atoms with Crippen molar-refractivity contribution in [2.45, 2.75) is 19.6 Å².